The van der Waals surface area contributed by atoms with Crippen molar-refractivity contribution < 1.29 is 37.1 Å². The zero-order valence-corrected chi connectivity index (χ0v) is 27.8. The Morgan fingerprint density at radius 1 is 0.979 bits per heavy atom. The molecule has 4 aromatic rings. The highest BCUT2D eigenvalue weighted by atomic mass is 32.2. The molecule has 0 saturated carbocycles. The maximum absolute atomic E-state index is 13.6. The van der Waals surface area contributed by atoms with Crippen molar-refractivity contribution >= 4 is 45.5 Å². The van der Waals surface area contributed by atoms with E-state index in [4.69, 9.17) is 9.47 Å². The SMILES string of the molecule is CCOC(=O)n1nc(NC(=O)c2ccncc2NC(=O)c2ccn(S(=O)(=O)c3ccc(C)cc3)c2)c2c1CCN(C(=O)OC(C)(C)C)C2. The third kappa shape index (κ3) is 7.22. The van der Waals surface area contributed by atoms with Crippen LogP contribution in [0.5, 0.6) is 0 Å². The number of aryl methyl sites for hydroxylation is 1. The van der Waals surface area contributed by atoms with E-state index in [0.29, 0.717) is 11.3 Å². The van der Waals surface area contributed by atoms with Crippen molar-refractivity contribution in [3.8, 4) is 0 Å². The average molecular weight is 678 g/mol. The van der Waals surface area contributed by atoms with Gasteiger partial charge in [-0.1, -0.05) is 17.7 Å². The first kappa shape index (κ1) is 33.8. The molecule has 1 aliphatic rings. The predicted octanol–water partition coefficient (Wildman–Crippen LogP) is 4.43. The van der Waals surface area contributed by atoms with Gasteiger partial charge in [-0.3, -0.25) is 14.6 Å². The Bertz CT molecular complexity index is 1990. The van der Waals surface area contributed by atoms with Crippen molar-refractivity contribution in [3.63, 3.8) is 0 Å². The molecule has 16 heteroatoms. The first-order chi connectivity index (χ1) is 22.7. The van der Waals surface area contributed by atoms with Crippen LogP contribution in [-0.2, 0) is 32.5 Å². The number of fused-ring (bicyclic) bond motifs is 1. The van der Waals surface area contributed by atoms with E-state index in [1.807, 2.05) is 6.92 Å². The van der Waals surface area contributed by atoms with Gasteiger partial charge in [-0.25, -0.2) is 22.0 Å². The Morgan fingerprint density at radius 3 is 2.40 bits per heavy atom. The topological polar surface area (TPSA) is 184 Å². The van der Waals surface area contributed by atoms with E-state index in [0.717, 1.165) is 14.2 Å². The Hall–Kier alpha value is -5.51. The van der Waals surface area contributed by atoms with Crippen LogP contribution in [0.4, 0.5) is 21.1 Å². The lowest BCUT2D eigenvalue weighted by atomic mass is 10.1. The number of carbonyl (C=O) groups is 4. The minimum absolute atomic E-state index is 0.00168. The number of carbonyl (C=O) groups excluding carboxylic acids is 4. The fraction of sp³-hybridized carbons (Fsp3) is 0.312. The lowest BCUT2D eigenvalue weighted by Gasteiger charge is -2.30. The van der Waals surface area contributed by atoms with Crippen molar-refractivity contribution in [2.75, 3.05) is 23.8 Å². The monoisotopic (exact) mass is 677 g/mol. The molecule has 252 valence electrons. The van der Waals surface area contributed by atoms with E-state index < -0.39 is 39.6 Å². The number of benzene rings is 1. The van der Waals surface area contributed by atoms with E-state index in [1.165, 1.54) is 54.0 Å². The molecule has 3 aromatic heterocycles. The lowest BCUT2D eigenvalue weighted by Crippen LogP contribution is -2.40. The molecular formula is C32H35N7O8S. The fourth-order valence-corrected chi connectivity index (χ4v) is 6.09. The molecule has 0 unspecified atom stereocenters. The molecule has 15 nitrogen and oxygen atoms in total. The Morgan fingerprint density at radius 2 is 1.71 bits per heavy atom. The second kappa shape index (κ2) is 13.3. The van der Waals surface area contributed by atoms with Crippen LogP contribution in [0.3, 0.4) is 0 Å². The molecule has 0 spiro atoms. The smallest absolute Gasteiger partial charge is 0.434 e. The highest BCUT2D eigenvalue weighted by Crippen LogP contribution is 2.29. The highest BCUT2D eigenvalue weighted by molar-refractivity contribution is 7.90. The van der Waals surface area contributed by atoms with Gasteiger partial charge in [-0.2, -0.15) is 4.68 Å². The Labute approximate surface area is 276 Å². The van der Waals surface area contributed by atoms with Gasteiger partial charge in [0.25, 0.3) is 21.8 Å². The fourth-order valence-electron chi connectivity index (χ4n) is 4.89. The molecule has 4 heterocycles. The van der Waals surface area contributed by atoms with E-state index in [-0.39, 0.29) is 53.6 Å². The minimum Gasteiger partial charge on any atom is -0.448 e. The highest BCUT2D eigenvalue weighted by Gasteiger charge is 2.33. The number of nitrogens with zero attached hydrogens (tertiary/aromatic N) is 5. The van der Waals surface area contributed by atoms with Gasteiger partial charge in [0.05, 0.1) is 46.8 Å². The summed E-state index contributed by atoms with van der Waals surface area (Å²) in [5.41, 5.74) is 1.11. The third-order valence-electron chi connectivity index (χ3n) is 7.22. The number of nitrogens with one attached hydrogen (secondary N) is 2. The summed E-state index contributed by atoms with van der Waals surface area (Å²) in [4.78, 5) is 57.9. The molecule has 0 saturated heterocycles. The summed E-state index contributed by atoms with van der Waals surface area (Å²) in [6.45, 7) is 9.08. The molecule has 0 aliphatic carbocycles. The summed E-state index contributed by atoms with van der Waals surface area (Å²) in [6, 6.07) is 9.02. The number of amides is 3. The average Bonchev–Trinajstić information content (AvgIpc) is 3.67. The van der Waals surface area contributed by atoms with Gasteiger partial charge in [0, 0.05) is 37.1 Å². The zero-order valence-electron chi connectivity index (χ0n) is 27.0. The second-order valence-electron chi connectivity index (χ2n) is 11.9. The summed E-state index contributed by atoms with van der Waals surface area (Å²) in [5, 5.41) is 9.61. The van der Waals surface area contributed by atoms with E-state index in [2.05, 4.69) is 20.7 Å². The maximum Gasteiger partial charge on any atom is 0.434 e. The van der Waals surface area contributed by atoms with Crippen LogP contribution >= 0.6 is 0 Å². The van der Waals surface area contributed by atoms with Gasteiger partial charge in [0.2, 0.25) is 0 Å². The number of pyridine rings is 1. The van der Waals surface area contributed by atoms with Gasteiger partial charge in [0.15, 0.2) is 5.82 Å². The Kier molecular flexibility index (Phi) is 9.38. The van der Waals surface area contributed by atoms with E-state index >= 15 is 0 Å². The first-order valence-corrected chi connectivity index (χ1v) is 16.4. The van der Waals surface area contributed by atoms with Crippen LogP contribution in [0.15, 0.2) is 66.1 Å². The molecule has 1 aromatic carbocycles. The summed E-state index contributed by atoms with van der Waals surface area (Å²) in [7, 11) is -3.95. The van der Waals surface area contributed by atoms with Crippen LogP contribution in [0.2, 0.25) is 0 Å². The molecule has 0 radical (unpaired) electrons. The second-order valence-corrected chi connectivity index (χ2v) is 13.8. The summed E-state index contributed by atoms with van der Waals surface area (Å²) >= 11 is 0. The summed E-state index contributed by atoms with van der Waals surface area (Å²) < 4.78 is 38.8. The predicted molar refractivity (Wildman–Crippen MR) is 173 cm³/mol. The molecule has 0 atom stereocenters. The van der Waals surface area contributed by atoms with Crippen molar-refractivity contribution in [1.29, 1.82) is 0 Å². The molecule has 5 rings (SSSR count). The molecular weight excluding hydrogens is 642 g/mol. The minimum atomic E-state index is -3.95. The van der Waals surface area contributed by atoms with Crippen LogP contribution in [0.1, 0.15) is 65.2 Å². The number of aromatic nitrogens is 4. The molecule has 2 N–H and O–H groups in total. The summed E-state index contributed by atoms with van der Waals surface area (Å²) in [5.74, 6) is -1.37. The first-order valence-electron chi connectivity index (χ1n) is 15.0. The van der Waals surface area contributed by atoms with Crippen LogP contribution in [0, 0.1) is 6.92 Å². The van der Waals surface area contributed by atoms with Gasteiger partial charge in [-0.05, 0) is 58.9 Å². The molecule has 0 fully saturated rings. The number of rotatable bonds is 7. The van der Waals surface area contributed by atoms with Crippen molar-refractivity contribution in [3.05, 3.63) is 89.1 Å². The van der Waals surface area contributed by atoms with Gasteiger partial charge in [0.1, 0.15) is 5.60 Å². The third-order valence-corrected chi connectivity index (χ3v) is 8.87. The number of hydrogen-bond acceptors (Lipinski definition) is 10. The van der Waals surface area contributed by atoms with Crippen molar-refractivity contribution in [2.45, 2.75) is 58.1 Å². The quantitative estimate of drug-likeness (QED) is 0.284. The number of anilines is 2. The van der Waals surface area contributed by atoms with E-state index in [9.17, 15) is 27.6 Å². The van der Waals surface area contributed by atoms with Crippen LogP contribution in [-0.4, -0.2) is 74.8 Å². The van der Waals surface area contributed by atoms with Gasteiger partial charge < -0.3 is 25.0 Å². The molecule has 48 heavy (non-hydrogen) atoms. The number of hydrogen-bond donors (Lipinski definition) is 2. The van der Waals surface area contributed by atoms with Gasteiger partial charge in [-0.15, -0.1) is 5.10 Å². The van der Waals surface area contributed by atoms with Crippen molar-refractivity contribution in [1.82, 2.24) is 23.6 Å². The standard InChI is InChI=1S/C32H35N7O8S/c1-6-46-31(43)39-26-13-15-37(30(42)47-32(3,4)5)19-24(26)27(36-39)35-29(41)23-11-14-33-17-25(23)34-28(40)21-12-16-38(18-21)48(44,45)22-9-7-20(2)8-10-22/h7-12,14,16-18H,6,13,15,19H2,1-5H3,(H,34,40)(H,35,36,41). The molecule has 1 aliphatic heterocycles. The van der Waals surface area contributed by atoms with Gasteiger partial charge >= 0.3 is 12.2 Å². The largest absolute Gasteiger partial charge is 0.448 e. The van der Waals surface area contributed by atoms with Crippen molar-refractivity contribution in [2.24, 2.45) is 0 Å². The lowest BCUT2D eigenvalue weighted by molar-refractivity contribution is 0.0223. The number of ether oxygens (including phenoxy) is 2. The normalized spacial score (nSPS) is 13.0. The van der Waals surface area contributed by atoms with Crippen LogP contribution < -0.4 is 10.6 Å². The summed E-state index contributed by atoms with van der Waals surface area (Å²) in [6.07, 6.45) is 3.99. The molecule has 0 bridgehead atoms. The van der Waals surface area contributed by atoms with Crippen LogP contribution in [0.25, 0.3) is 0 Å². The zero-order chi connectivity index (χ0) is 34.8. The Balaban J connectivity index is 1.38. The maximum atomic E-state index is 13.6. The van der Waals surface area contributed by atoms with E-state index in [1.54, 1.807) is 39.8 Å². The molecule has 3 amide bonds.